The average molecular weight is 312 g/mol. The number of hydrogen-bond donors (Lipinski definition) is 2. The summed E-state index contributed by atoms with van der Waals surface area (Å²) in [4.78, 5) is 23.8. The molecule has 0 heterocycles. The van der Waals surface area contributed by atoms with E-state index in [4.69, 9.17) is 5.73 Å². The predicted octanol–water partition coefficient (Wildman–Crippen LogP) is 2.99. The summed E-state index contributed by atoms with van der Waals surface area (Å²) in [6, 6.07) is 12.7. The van der Waals surface area contributed by atoms with Crippen molar-refractivity contribution in [3.05, 3.63) is 65.5 Å². The van der Waals surface area contributed by atoms with Crippen LogP contribution >= 0.6 is 0 Å². The first-order chi connectivity index (χ1) is 11.0. The summed E-state index contributed by atoms with van der Waals surface area (Å²) in [6.07, 6.45) is 2.14. The number of hydrogen-bond acceptors (Lipinski definition) is 2. The zero-order valence-electron chi connectivity index (χ0n) is 12.5. The van der Waals surface area contributed by atoms with Gasteiger partial charge in [-0.3, -0.25) is 9.59 Å². The smallest absolute Gasteiger partial charge is 0.248 e. The Balaban J connectivity index is 1.84. The van der Waals surface area contributed by atoms with E-state index in [0.717, 1.165) is 6.42 Å². The molecule has 1 fully saturated rings. The largest absolute Gasteiger partial charge is 0.366 e. The number of primary amides is 1. The predicted molar refractivity (Wildman–Crippen MR) is 85.5 cm³/mol. The zero-order chi connectivity index (χ0) is 16.4. The third-order valence-corrected chi connectivity index (χ3v) is 4.46. The number of nitrogens with one attached hydrogen (secondary N) is 1. The molecule has 2 amide bonds. The summed E-state index contributed by atoms with van der Waals surface area (Å²) < 4.78 is 14.1. The number of halogens is 1. The molecule has 118 valence electrons. The maximum Gasteiger partial charge on any atom is 0.248 e. The summed E-state index contributed by atoms with van der Waals surface area (Å²) in [6.45, 7) is 0. The molecule has 0 atom stereocenters. The molecular formula is C18H17FN2O2. The standard InChI is InChI=1S/C18H17FN2O2/c19-15-5-2-1-4-14(15)18(10-3-11-18)17(23)21-13-8-6-12(7-9-13)16(20)22/h1-2,4-9H,3,10-11H2,(H2,20,22)(H,21,23). The lowest BCUT2D eigenvalue weighted by Gasteiger charge is -2.40. The van der Waals surface area contributed by atoms with Crippen LogP contribution in [-0.2, 0) is 10.2 Å². The van der Waals surface area contributed by atoms with Gasteiger partial charge in [0.2, 0.25) is 11.8 Å². The topological polar surface area (TPSA) is 72.2 Å². The summed E-state index contributed by atoms with van der Waals surface area (Å²) in [5, 5.41) is 2.82. The second kappa shape index (κ2) is 5.83. The Morgan fingerprint density at radius 3 is 2.22 bits per heavy atom. The molecule has 5 heteroatoms. The molecule has 1 saturated carbocycles. The van der Waals surface area contributed by atoms with Crippen LogP contribution in [0.4, 0.5) is 10.1 Å². The van der Waals surface area contributed by atoms with Crippen LogP contribution in [0.25, 0.3) is 0 Å². The number of anilines is 1. The SMILES string of the molecule is NC(=O)c1ccc(NC(=O)C2(c3ccccc3F)CCC2)cc1. The lowest BCUT2D eigenvalue weighted by Crippen LogP contribution is -2.46. The lowest BCUT2D eigenvalue weighted by atomic mass is 9.63. The quantitative estimate of drug-likeness (QED) is 0.911. The molecule has 0 spiro atoms. The van der Waals surface area contributed by atoms with Crippen molar-refractivity contribution < 1.29 is 14.0 Å². The highest BCUT2D eigenvalue weighted by Gasteiger charge is 2.47. The Hall–Kier alpha value is -2.69. The monoisotopic (exact) mass is 312 g/mol. The van der Waals surface area contributed by atoms with Gasteiger partial charge in [0.15, 0.2) is 0 Å². The number of amides is 2. The van der Waals surface area contributed by atoms with E-state index >= 15 is 0 Å². The van der Waals surface area contributed by atoms with E-state index in [-0.39, 0.29) is 11.7 Å². The fourth-order valence-corrected chi connectivity index (χ4v) is 2.97. The highest BCUT2D eigenvalue weighted by molar-refractivity contribution is 6.00. The molecule has 0 bridgehead atoms. The first-order valence-corrected chi connectivity index (χ1v) is 7.49. The van der Waals surface area contributed by atoms with Crippen LogP contribution < -0.4 is 11.1 Å². The van der Waals surface area contributed by atoms with E-state index in [2.05, 4.69) is 5.32 Å². The van der Waals surface area contributed by atoms with Crippen LogP contribution in [0.3, 0.4) is 0 Å². The van der Waals surface area contributed by atoms with Crippen molar-refractivity contribution in [1.29, 1.82) is 0 Å². The highest BCUT2D eigenvalue weighted by atomic mass is 19.1. The number of nitrogens with two attached hydrogens (primary N) is 1. The number of benzene rings is 2. The van der Waals surface area contributed by atoms with Gasteiger partial charge in [0, 0.05) is 16.8 Å². The molecule has 23 heavy (non-hydrogen) atoms. The van der Waals surface area contributed by atoms with Crippen LogP contribution in [0, 0.1) is 5.82 Å². The van der Waals surface area contributed by atoms with Crippen LogP contribution in [0.1, 0.15) is 35.2 Å². The fourth-order valence-electron chi connectivity index (χ4n) is 2.97. The molecule has 3 N–H and O–H groups in total. The van der Waals surface area contributed by atoms with E-state index < -0.39 is 11.3 Å². The summed E-state index contributed by atoms with van der Waals surface area (Å²) >= 11 is 0. The molecule has 2 aromatic rings. The molecule has 0 aromatic heterocycles. The van der Waals surface area contributed by atoms with Crippen LogP contribution in [-0.4, -0.2) is 11.8 Å². The van der Waals surface area contributed by atoms with Crippen molar-refractivity contribution in [3.8, 4) is 0 Å². The van der Waals surface area contributed by atoms with Gasteiger partial charge in [0.25, 0.3) is 0 Å². The van der Waals surface area contributed by atoms with E-state index in [9.17, 15) is 14.0 Å². The van der Waals surface area contributed by atoms with Crippen molar-refractivity contribution >= 4 is 17.5 Å². The minimum atomic E-state index is -0.812. The first-order valence-electron chi connectivity index (χ1n) is 7.49. The van der Waals surface area contributed by atoms with Crippen LogP contribution in [0.15, 0.2) is 48.5 Å². The van der Waals surface area contributed by atoms with Crippen LogP contribution in [0.2, 0.25) is 0 Å². The van der Waals surface area contributed by atoms with E-state index in [1.54, 1.807) is 42.5 Å². The summed E-state index contributed by atoms with van der Waals surface area (Å²) in [5.74, 6) is -1.10. The Bertz CT molecular complexity index is 752. The Labute approximate surface area is 133 Å². The molecule has 2 aromatic carbocycles. The molecule has 4 nitrogen and oxygen atoms in total. The second-order valence-corrected chi connectivity index (χ2v) is 5.81. The fraction of sp³-hybridized carbons (Fsp3) is 0.222. The average Bonchev–Trinajstić information content (AvgIpc) is 2.48. The third kappa shape index (κ3) is 2.70. The highest BCUT2D eigenvalue weighted by Crippen LogP contribution is 2.45. The van der Waals surface area contributed by atoms with Gasteiger partial charge in [-0.25, -0.2) is 4.39 Å². The lowest BCUT2D eigenvalue weighted by molar-refractivity contribution is -0.124. The van der Waals surface area contributed by atoms with Gasteiger partial charge in [0.1, 0.15) is 5.82 Å². The van der Waals surface area contributed by atoms with Gasteiger partial charge < -0.3 is 11.1 Å². The van der Waals surface area contributed by atoms with Gasteiger partial charge in [-0.1, -0.05) is 24.6 Å². The van der Waals surface area contributed by atoms with E-state index in [0.29, 0.717) is 29.7 Å². The number of rotatable bonds is 4. The summed E-state index contributed by atoms with van der Waals surface area (Å²) in [5.41, 5.74) is 5.75. The van der Waals surface area contributed by atoms with Gasteiger partial charge in [-0.15, -0.1) is 0 Å². The van der Waals surface area contributed by atoms with Crippen molar-refractivity contribution in [1.82, 2.24) is 0 Å². The van der Waals surface area contributed by atoms with Crippen molar-refractivity contribution in [2.75, 3.05) is 5.32 Å². The zero-order valence-corrected chi connectivity index (χ0v) is 12.5. The van der Waals surface area contributed by atoms with Crippen molar-refractivity contribution in [2.45, 2.75) is 24.7 Å². The van der Waals surface area contributed by atoms with Gasteiger partial charge in [0.05, 0.1) is 5.41 Å². The maximum atomic E-state index is 14.1. The van der Waals surface area contributed by atoms with E-state index in [1.165, 1.54) is 6.07 Å². The minimum absolute atomic E-state index is 0.222. The second-order valence-electron chi connectivity index (χ2n) is 5.81. The van der Waals surface area contributed by atoms with Gasteiger partial charge in [-0.05, 0) is 43.2 Å². The molecule has 0 unspecified atom stereocenters. The van der Waals surface area contributed by atoms with Crippen molar-refractivity contribution in [2.24, 2.45) is 5.73 Å². The molecule has 1 aliphatic carbocycles. The number of carbonyl (C=O) groups is 2. The van der Waals surface area contributed by atoms with Gasteiger partial charge in [-0.2, -0.15) is 0 Å². The van der Waals surface area contributed by atoms with Crippen molar-refractivity contribution in [3.63, 3.8) is 0 Å². The summed E-state index contributed by atoms with van der Waals surface area (Å²) in [7, 11) is 0. The van der Waals surface area contributed by atoms with E-state index in [1.807, 2.05) is 0 Å². The third-order valence-electron chi connectivity index (χ3n) is 4.46. The Morgan fingerprint density at radius 1 is 1.04 bits per heavy atom. The molecular weight excluding hydrogens is 295 g/mol. The van der Waals surface area contributed by atoms with Crippen LogP contribution in [0.5, 0.6) is 0 Å². The first kappa shape index (κ1) is 15.2. The number of carbonyl (C=O) groups excluding carboxylic acids is 2. The normalized spacial score (nSPS) is 15.5. The molecule has 0 saturated heterocycles. The maximum absolute atomic E-state index is 14.1. The Morgan fingerprint density at radius 2 is 1.70 bits per heavy atom. The molecule has 0 radical (unpaired) electrons. The Kier molecular flexibility index (Phi) is 3.86. The molecule has 1 aliphatic rings. The molecule has 0 aliphatic heterocycles. The minimum Gasteiger partial charge on any atom is -0.366 e. The molecule has 3 rings (SSSR count). The van der Waals surface area contributed by atoms with Gasteiger partial charge >= 0.3 is 0 Å².